The third kappa shape index (κ3) is 5.54. The molecule has 2 aromatic rings. The van der Waals surface area contributed by atoms with Gasteiger partial charge in [0.15, 0.2) is 11.6 Å². The molecular formula is C22H25F2N3O3. The van der Waals surface area contributed by atoms with Gasteiger partial charge in [0, 0.05) is 38.3 Å². The van der Waals surface area contributed by atoms with Gasteiger partial charge in [0.2, 0.25) is 5.91 Å². The lowest BCUT2D eigenvalue weighted by atomic mass is 10.1. The molecule has 1 N–H and O–H groups in total. The number of piperazine rings is 1. The molecule has 1 saturated heterocycles. The van der Waals surface area contributed by atoms with E-state index in [9.17, 15) is 18.4 Å². The Morgan fingerprint density at radius 2 is 1.87 bits per heavy atom. The molecular weight excluding hydrogens is 392 g/mol. The Labute approximate surface area is 174 Å². The Kier molecular flexibility index (Phi) is 7.35. The Morgan fingerprint density at radius 1 is 1.10 bits per heavy atom. The molecule has 1 fully saturated rings. The first-order valence-electron chi connectivity index (χ1n) is 9.92. The summed E-state index contributed by atoms with van der Waals surface area (Å²) < 4.78 is 32.5. The van der Waals surface area contributed by atoms with Gasteiger partial charge >= 0.3 is 0 Å². The summed E-state index contributed by atoms with van der Waals surface area (Å²) in [4.78, 5) is 28.9. The minimum atomic E-state index is -1.10. The maximum Gasteiger partial charge on any atom is 0.254 e. The van der Waals surface area contributed by atoms with Crippen molar-refractivity contribution < 1.29 is 23.1 Å². The molecule has 2 aromatic carbocycles. The highest BCUT2D eigenvalue weighted by molar-refractivity contribution is 5.96. The van der Waals surface area contributed by atoms with Gasteiger partial charge in [-0.1, -0.05) is 12.1 Å². The number of nitrogens with zero attached hydrogens (tertiary/aromatic N) is 2. The van der Waals surface area contributed by atoms with E-state index < -0.39 is 17.5 Å². The third-order valence-corrected chi connectivity index (χ3v) is 4.83. The monoisotopic (exact) mass is 417 g/mol. The summed E-state index contributed by atoms with van der Waals surface area (Å²) in [6.07, 6.45) is 0. The predicted octanol–water partition coefficient (Wildman–Crippen LogP) is 2.44. The fourth-order valence-corrected chi connectivity index (χ4v) is 3.31. The van der Waals surface area contributed by atoms with Gasteiger partial charge in [0.1, 0.15) is 12.3 Å². The van der Waals surface area contributed by atoms with Crippen molar-refractivity contribution in [2.24, 2.45) is 0 Å². The Morgan fingerprint density at radius 3 is 2.57 bits per heavy atom. The standard InChI is InChI=1S/C22H25F2N3O3/c1-2-30-18-5-3-4-16(12-18)14-27(15-21(28)26-10-8-25-9-11-26)22(29)17-6-7-19(23)20(24)13-17/h3-7,12-13,25H,2,8-11,14-15H2,1H3. The van der Waals surface area contributed by atoms with E-state index in [1.807, 2.05) is 13.0 Å². The summed E-state index contributed by atoms with van der Waals surface area (Å²) in [6.45, 7) is 4.86. The third-order valence-electron chi connectivity index (χ3n) is 4.83. The first-order chi connectivity index (χ1) is 14.5. The molecule has 8 heteroatoms. The first kappa shape index (κ1) is 21.7. The highest BCUT2D eigenvalue weighted by atomic mass is 19.2. The normalized spacial score (nSPS) is 13.8. The van der Waals surface area contributed by atoms with E-state index in [2.05, 4.69) is 5.32 Å². The molecule has 0 bridgehead atoms. The fraction of sp³-hybridized carbons (Fsp3) is 0.364. The summed E-state index contributed by atoms with van der Waals surface area (Å²) in [6, 6.07) is 10.2. The van der Waals surface area contributed by atoms with Crippen LogP contribution in [0.3, 0.4) is 0 Å². The molecule has 1 aliphatic heterocycles. The zero-order valence-corrected chi connectivity index (χ0v) is 16.9. The molecule has 0 saturated carbocycles. The van der Waals surface area contributed by atoms with Gasteiger partial charge in [-0.15, -0.1) is 0 Å². The van der Waals surface area contributed by atoms with Crippen LogP contribution in [0.1, 0.15) is 22.8 Å². The van der Waals surface area contributed by atoms with Crippen LogP contribution >= 0.6 is 0 Å². The van der Waals surface area contributed by atoms with E-state index in [0.717, 1.165) is 17.7 Å². The van der Waals surface area contributed by atoms with Gasteiger partial charge in [-0.3, -0.25) is 9.59 Å². The lowest BCUT2D eigenvalue weighted by Gasteiger charge is -2.30. The van der Waals surface area contributed by atoms with E-state index in [1.165, 1.54) is 11.0 Å². The predicted molar refractivity (Wildman–Crippen MR) is 108 cm³/mol. The van der Waals surface area contributed by atoms with Crippen LogP contribution in [0.2, 0.25) is 0 Å². The maximum absolute atomic E-state index is 13.7. The lowest BCUT2D eigenvalue weighted by molar-refractivity contribution is -0.132. The van der Waals surface area contributed by atoms with E-state index in [4.69, 9.17) is 4.74 Å². The molecule has 3 rings (SSSR count). The van der Waals surface area contributed by atoms with Gasteiger partial charge < -0.3 is 19.9 Å². The topological polar surface area (TPSA) is 61.9 Å². The zero-order valence-electron chi connectivity index (χ0n) is 16.9. The number of benzene rings is 2. The Balaban J connectivity index is 1.83. The number of carbonyl (C=O) groups is 2. The van der Waals surface area contributed by atoms with Crippen LogP contribution < -0.4 is 10.1 Å². The average Bonchev–Trinajstić information content (AvgIpc) is 2.76. The highest BCUT2D eigenvalue weighted by Gasteiger charge is 2.24. The van der Waals surface area contributed by atoms with Crippen molar-refractivity contribution in [3.8, 4) is 5.75 Å². The second-order valence-corrected chi connectivity index (χ2v) is 7.00. The Hall–Kier alpha value is -3.00. The molecule has 0 aromatic heterocycles. The van der Waals surface area contributed by atoms with Crippen LogP contribution in [0.15, 0.2) is 42.5 Å². The van der Waals surface area contributed by atoms with Crippen molar-refractivity contribution in [2.45, 2.75) is 13.5 Å². The summed E-state index contributed by atoms with van der Waals surface area (Å²) in [5.74, 6) is -2.21. The molecule has 0 unspecified atom stereocenters. The summed E-state index contributed by atoms with van der Waals surface area (Å²) in [7, 11) is 0. The molecule has 1 heterocycles. The van der Waals surface area contributed by atoms with Crippen molar-refractivity contribution in [3.63, 3.8) is 0 Å². The smallest absolute Gasteiger partial charge is 0.254 e. The molecule has 2 amide bonds. The largest absolute Gasteiger partial charge is 0.494 e. The molecule has 6 nitrogen and oxygen atoms in total. The molecule has 0 spiro atoms. The number of hydrogen-bond acceptors (Lipinski definition) is 4. The maximum atomic E-state index is 13.7. The average molecular weight is 417 g/mol. The molecule has 0 aliphatic carbocycles. The second-order valence-electron chi connectivity index (χ2n) is 7.00. The fourth-order valence-electron chi connectivity index (χ4n) is 3.31. The minimum absolute atomic E-state index is 0.0111. The van der Waals surface area contributed by atoms with Crippen LogP contribution in [0.25, 0.3) is 0 Å². The van der Waals surface area contributed by atoms with Crippen molar-refractivity contribution in [1.82, 2.24) is 15.1 Å². The molecule has 30 heavy (non-hydrogen) atoms. The quantitative estimate of drug-likeness (QED) is 0.752. The number of ether oxygens (including phenoxy) is 1. The summed E-state index contributed by atoms with van der Waals surface area (Å²) in [5.41, 5.74) is 0.757. The van der Waals surface area contributed by atoms with E-state index >= 15 is 0 Å². The number of rotatable bonds is 7. The highest BCUT2D eigenvalue weighted by Crippen LogP contribution is 2.18. The number of hydrogen-bond donors (Lipinski definition) is 1. The van der Waals surface area contributed by atoms with Crippen LogP contribution in [0.5, 0.6) is 5.75 Å². The van der Waals surface area contributed by atoms with Gasteiger partial charge in [-0.25, -0.2) is 8.78 Å². The second kappa shape index (κ2) is 10.2. The van der Waals surface area contributed by atoms with Crippen LogP contribution in [-0.2, 0) is 11.3 Å². The van der Waals surface area contributed by atoms with Gasteiger partial charge in [0.25, 0.3) is 5.91 Å². The van der Waals surface area contributed by atoms with Gasteiger partial charge in [-0.05, 0) is 42.8 Å². The SMILES string of the molecule is CCOc1cccc(CN(CC(=O)N2CCNCC2)C(=O)c2ccc(F)c(F)c2)c1. The molecule has 1 aliphatic rings. The lowest BCUT2D eigenvalue weighted by Crippen LogP contribution is -2.50. The van der Waals surface area contributed by atoms with Crippen molar-refractivity contribution in [3.05, 3.63) is 65.2 Å². The van der Waals surface area contributed by atoms with E-state index in [-0.39, 0.29) is 24.6 Å². The molecule has 0 atom stereocenters. The minimum Gasteiger partial charge on any atom is -0.494 e. The van der Waals surface area contributed by atoms with Gasteiger partial charge in [-0.2, -0.15) is 0 Å². The van der Waals surface area contributed by atoms with Gasteiger partial charge in [0.05, 0.1) is 6.61 Å². The van der Waals surface area contributed by atoms with Crippen molar-refractivity contribution in [1.29, 1.82) is 0 Å². The molecule has 0 radical (unpaired) electrons. The summed E-state index contributed by atoms with van der Waals surface area (Å²) >= 11 is 0. The Bertz CT molecular complexity index is 901. The number of amides is 2. The van der Waals surface area contributed by atoms with Crippen molar-refractivity contribution in [2.75, 3.05) is 39.3 Å². The number of halogens is 2. The van der Waals surface area contributed by atoms with E-state index in [0.29, 0.717) is 38.5 Å². The first-order valence-corrected chi connectivity index (χ1v) is 9.92. The van der Waals surface area contributed by atoms with Crippen LogP contribution in [-0.4, -0.2) is 60.9 Å². The van der Waals surface area contributed by atoms with E-state index in [1.54, 1.807) is 23.1 Å². The number of nitrogens with one attached hydrogen (secondary N) is 1. The number of carbonyl (C=O) groups excluding carboxylic acids is 2. The summed E-state index contributed by atoms with van der Waals surface area (Å²) in [5, 5.41) is 3.18. The van der Waals surface area contributed by atoms with Crippen LogP contribution in [0, 0.1) is 11.6 Å². The zero-order chi connectivity index (χ0) is 21.5. The van der Waals surface area contributed by atoms with Crippen molar-refractivity contribution >= 4 is 11.8 Å². The molecule has 160 valence electrons. The van der Waals surface area contributed by atoms with Crippen LogP contribution in [0.4, 0.5) is 8.78 Å².